The zero-order valence-electron chi connectivity index (χ0n) is 6.33. The van der Waals surface area contributed by atoms with E-state index in [-0.39, 0.29) is 0 Å². The molecule has 0 aliphatic heterocycles. The minimum Gasteiger partial charge on any atom is -0.351 e. The third-order valence-corrected chi connectivity index (χ3v) is 3.98. The molecule has 0 saturated carbocycles. The second-order valence-electron chi connectivity index (χ2n) is 2.14. The molecule has 0 aliphatic carbocycles. The van der Waals surface area contributed by atoms with Crippen LogP contribution in [-0.4, -0.2) is 7.11 Å². The summed E-state index contributed by atoms with van der Waals surface area (Å²) in [5.41, 5.74) is 1.32. The van der Waals surface area contributed by atoms with Crippen LogP contribution in [0.3, 0.4) is 0 Å². The summed E-state index contributed by atoms with van der Waals surface area (Å²) in [6.45, 7) is -0.442. The van der Waals surface area contributed by atoms with E-state index >= 15 is 0 Å². The van der Waals surface area contributed by atoms with Gasteiger partial charge in [0.05, 0.1) is 0 Å². The van der Waals surface area contributed by atoms with Gasteiger partial charge in [0.2, 0.25) is 0 Å². The van der Waals surface area contributed by atoms with Crippen molar-refractivity contribution in [3.8, 4) is 0 Å². The van der Waals surface area contributed by atoms with Gasteiger partial charge in [-0.3, -0.25) is 0 Å². The van der Waals surface area contributed by atoms with Crippen molar-refractivity contribution >= 4 is 22.3 Å². The first-order chi connectivity index (χ1) is 5.33. The average Bonchev–Trinajstić information content (AvgIpc) is 2.06. The Morgan fingerprint density at radius 2 is 2.00 bits per heavy atom. The molecule has 0 aliphatic rings. The lowest BCUT2D eigenvalue weighted by atomic mass is 10.2. The quantitative estimate of drug-likeness (QED) is 0.725. The number of hydrogen-bond donors (Lipinski definition) is 0. The van der Waals surface area contributed by atoms with E-state index in [1.165, 1.54) is 5.56 Å². The summed E-state index contributed by atoms with van der Waals surface area (Å²) in [5, 5.41) is 0. The fraction of sp³-hybridized carbons (Fsp3) is 0.250. The van der Waals surface area contributed by atoms with Gasteiger partial charge in [0, 0.05) is 13.3 Å². The summed E-state index contributed by atoms with van der Waals surface area (Å²) < 4.78 is 5.14. The van der Waals surface area contributed by atoms with Crippen LogP contribution in [0.15, 0.2) is 30.3 Å². The molecule has 0 bridgehead atoms. The van der Waals surface area contributed by atoms with Gasteiger partial charge in [-0.15, -0.1) is 0 Å². The van der Waals surface area contributed by atoms with Crippen LogP contribution in [0.4, 0.5) is 0 Å². The lowest BCUT2D eigenvalue weighted by Crippen LogP contribution is -1.79. The first-order valence-electron chi connectivity index (χ1n) is 3.34. The Balaban J connectivity index is 2.51. The first-order valence-corrected chi connectivity index (χ1v) is 6.80. The second kappa shape index (κ2) is 4.87. The maximum Gasteiger partial charge on any atom is 0.102 e. The molecule has 1 atom stereocenters. The van der Waals surface area contributed by atoms with Crippen molar-refractivity contribution in [1.82, 2.24) is 0 Å². The van der Waals surface area contributed by atoms with E-state index in [9.17, 15) is 0 Å². The fourth-order valence-corrected chi connectivity index (χ4v) is 2.29. The topological polar surface area (TPSA) is 9.23 Å². The summed E-state index contributed by atoms with van der Waals surface area (Å²) in [4.78, 5) is 0. The third-order valence-electron chi connectivity index (χ3n) is 1.35. The molecule has 0 radical (unpaired) electrons. The number of halogens is 1. The van der Waals surface area contributed by atoms with E-state index in [0.29, 0.717) is 0 Å². The Kier molecular flexibility index (Phi) is 4.06. The molecule has 1 nitrogen and oxygen atoms in total. The van der Waals surface area contributed by atoms with Crippen LogP contribution in [0.2, 0.25) is 0 Å². The lowest BCUT2D eigenvalue weighted by molar-refractivity contribution is 0.472. The van der Waals surface area contributed by atoms with E-state index in [1.807, 2.05) is 18.2 Å². The predicted molar refractivity (Wildman–Crippen MR) is 53.0 cm³/mol. The van der Waals surface area contributed by atoms with E-state index in [1.54, 1.807) is 7.11 Å². The molecule has 0 aromatic heterocycles. The van der Waals surface area contributed by atoms with Crippen molar-refractivity contribution < 1.29 is 4.52 Å². The molecule has 0 saturated heterocycles. The number of rotatable bonds is 3. The molecule has 0 fully saturated rings. The summed E-state index contributed by atoms with van der Waals surface area (Å²) in [5.74, 6) is 0. The van der Waals surface area contributed by atoms with Crippen molar-refractivity contribution in [2.75, 3.05) is 7.11 Å². The molecule has 0 N–H and O–H groups in total. The van der Waals surface area contributed by atoms with Gasteiger partial charge in [-0.25, -0.2) is 0 Å². The predicted octanol–water partition coefficient (Wildman–Crippen LogP) is 3.54. The van der Waals surface area contributed by atoms with Gasteiger partial charge in [-0.1, -0.05) is 30.3 Å². The second-order valence-corrected chi connectivity index (χ2v) is 5.83. The van der Waals surface area contributed by atoms with Gasteiger partial charge >= 0.3 is 0 Å². The molecule has 1 rings (SSSR count). The number of hydrogen-bond acceptors (Lipinski definition) is 1. The zero-order valence-corrected chi connectivity index (χ0v) is 8.81. The summed E-state index contributed by atoms with van der Waals surface area (Å²) in [7, 11) is 1.73. The van der Waals surface area contributed by atoms with Gasteiger partial charge in [-0.2, -0.15) is 0 Å². The van der Waals surface area contributed by atoms with Crippen LogP contribution in [-0.2, 0) is 10.7 Å². The largest absolute Gasteiger partial charge is 0.351 e. The minimum atomic E-state index is -0.442. The monoisotopic (exact) mass is 232 g/mol. The molecule has 1 aromatic rings. The Morgan fingerprint density at radius 1 is 1.36 bits per heavy atom. The fourth-order valence-electron chi connectivity index (χ4n) is 0.792. The van der Waals surface area contributed by atoms with Crippen molar-refractivity contribution in [2.24, 2.45) is 0 Å². The molecule has 0 amide bonds. The van der Waals surface area contributed by atoms with Crippen LogP contribution >= 0.6 is 22.3 Å². The molecule has 11 heavy (non-hydrogen) atoms. The van der Waals surface area contributed by atoms with Gasteiger partial charge in [0.25, 0.3) is 0 Å². The van der Waals surface area contributed by atoms with E-state index in [0.717, 1.165) is 6.16 Å². The standard InChI is InChI=1S/C8H10BrOP/c1-10-11(9)7-8-5-3-2-4-6-8/h2-6H,7H2,1H3. The van der Waals surface area contributed by atoms with Crippen LogP contribution < -0.4 is 0 Å². The smallest absolute Gasteiger partial charge is 0.102 e. The van der Waals surface area contributed by atoms with Crippen molar-refractivity contribution in [2.45, 2.75) is 6.16 Å². The highest BCUT2D eigenvalue weighted by Gasteiger charge is 2.01. The summed E-state index contributed by atoms with van der Waals surface area (Å²) >= 11 is 3.46. The Morgan fingerprint density at radius 3 is 2.55 bits per heavy atom. The van der Waals surface area contributed by atoms with E-state index in [4.69, 9.17) is 4.52 Å². The molecule has 1 aromatic carbocycles. The zero-order chi connectivity index (χ0) is 8.10. The van der Waals surface area contributed by atoms with E-state index in [2.05, 4.69) is 27.6 Å². The van der Waals surface area contributed by atoms with Crippen LogP contribution in [0.1, 0.15) is 5.56 Å². The highest BCUT2D eigenvalue weighted by Crippen LogP contribution is 2.47. The van der Waals surface area contributed by atoms with Crippen molar-refractivity contribution in [1.29, 1.82) is 0 Å². The van der Waals surface area contributed by atoms with E-state index < -0.39 is 6.85 Å². The maximum absolute atomic E-state index is 5.14. The molecule has 60 valence electrons. The Labute approximate surface area is 76.3 Å². The Bertz CT molecular complexity index is 203. The SMILES string of the molecule is COP(Br)Cc1ccccc1. The first kappa shape index (κ1) is 9.18. The van der Waals surface area contributed by atoms with Gasteiger partial charge in [0.15, 0.2) is 0 Å². The molecule has 3 heteroatoms. The third kappa shape index (κ3) is 3.33. The van der Waals surface area contributed by atoms with Gasteiger partial charge < -0.3 is 4.52 Å². The molecular formula is C8H10BrOP. The minimum absolute atomic E-state index is 0.442. The number of benzene rings is 1. The normalized spacial score (nSPS) is 12.9. The maximum atomic E-state index is 5.14. The van der Waals surface area contributed by atoms with Gasteiger partial charge in [0.1, 0.15) is 6.85 Å². The summed E-state index contributed by atoms with van der Waals surface area (Å²) in [6, 6.07) is 10.3. The van der Waals surface area contributed by atoms with Crippen LogP contribution in [0, 0.1) is 0 Å². The molecule has 0 heterocycles. The average molecular weight is 233 g/mol. The molecule has 0 spiro atoms. The Hall–Kier alpha value is 0.0900. The lowest BCUT2D eigenvalue weighted by Gasteiger charge is -2.05. The highest BCUT2D eigenvalue weighted by atomic mass is 79.9. The highest BCUT2D eigenvalue weighted by molar-refractivity contribution is 9.38. The van der Waals surface area contributed by atoms with Crippen molar-refractivity contribution in [3.63, 3.8) is 0 Å². The molecule has 1 unspecified atom stereocenters. The molecular weight excluding hydrogens is 223 g/mol. The van der Waals surface area contributed by atoms with Crippen molar-refractivity contribution in [3.05, 3.63) is 35.9 Å². The van der Waals surface area contributed by atoms with Crippen LogP contribution in [0.5, 0.6) is 0 Å². The summed E-state index contributed by atoms with van der Waals surface area (Å²) in [6.07, 6.45) is 0.979. The van der Waals surface area contributed by atoms with Crippen LogP contribution in [0.25, 0.3) is 0 Å². The van der Waals surface area contributed by atoms with Gasteiger partial charge in [-0.05, 0) is 21.1 Å².